The van der Waals surface area contributed by atoms with Crippen molar-refractivity contribution in [2.24, 2.45) is 10.2 Å². The number of halogens is 2. The molecule has 3 rings (SSSR count). The van der Waals surface area contributed by atoms with E-state index in [0.29, 0.717) is 37.8 Å². The number of aromatic nitrogens is 1. The molecule has 0 fully saturated rings. The molecule has 0 bridgehead atoms. The van der Waals surface area contributed by atoms with Crippen LogP contribution in [0, 0.1) is 0 Å². The maximum atomic E-state index is 11.9. The van der Waals surface area contributed by atoms with E-state index >= 15 is 0 Å². The molecule has 0 aliphatic rings. The summed E-state index contributed by atoms with van der Waals surface area (Å²) in [7, 11) is 0. The average Bonchev–Trinajstić information content (AvgIpc) is 3.28. The maximum Gasteiger partial charge on any atom is 0.508 e. The third-order valence-corrected chi connectivity index (χ3v) is 6.63. The zero-order chi connectivity index (χ0) is 29.1. The van der Waals surface area contributed by atoms with Crippen LogP contribution in [0.15, 0.2) is 40.6 Å². The molecule has 40 heavy (non-hydrogen) atoms. The molecule has 0 saturated carbocycles. The standard InChI is InChI=1S/C25H27Cl2N5O7S/c1-4-36-24(34)38-10-8-32(9-11-39-25(35)37-5-2)16-6-7-19(20(12-16)28-15(3)33)30-31-23-29-21-13-17(26)18(27)14-22(21)40-23/h6-7,12-14H,4-5,8-11H2,1-3H3,(H,28,33). The van der Waals surface area contributed by atoms with Crippen LogP contribution in [0.25, 0.3) is 10.2 Å². The molecule has 0 unspecified atom stereocenters. The minimum atomic E-state index is -0.792. The van der Waals surface area contributed by atoms with Crippen LogP contribution in [0.1, 0.15) is 20.8 Å². The van der Waals surface area contributed by atoms with Gasteiger partial charge in [-0.15, -0.1) is 10.2 Å². The number of carbonyl (C=O) groups is 3. The lowest BCUT2D eigenvalue weighted by atomic mass is 10.2. The SMILES string of the molecule is CCOC(=O)OCCN(CCOC(=O)OCC)c1ccc(N=Nc2nc3cc(Cl)c(Cl)cc3s2)c(NC(C)=O)c1. The van der Waals surface area contributed by atoms with E-state index in [2.05, 4.69) is 20.5 Å². The number of hydrogen-bond donors (Lipinski definition) is 1. The third-order valence-electron chi connectivity index (χ3n) is 5.01. The van der Waals surface area contributed by atoms with Crippen molar-refractivity contribution in [3.63, 3.8) is 0 Å². The van der Waals surface area contributed by atoms with Gasteiger partial charge in [0.2, 0.25) is 11.0 Å². The van der Waals surface area contributed by atoms with Gasteiger partial charge in [-0.1, -0.05) is 34.5 Å². The van der Waals surface area contributed by atoms with Crippen LogP contribution in [-0.4, -0.2) is 62.7 Å². The van der Waals surface area contributed by atoms with Crippen LogP contribution in [0.4, 0.5) is 31.8 Å². The summed E-state index contributed by atoms with van der Waals surface area (Å²) < 4.78 is 20.5. The highest BCUT2D eigenvalue weighted by Gasteiger charge is 2.15. The first-order valence-electron chi connectivity index (χ1n) is 12.1. The highest BCUT2D eigenvalue weighted by Crippen LogP contribution is 2.36. The first kappa shape index (κ1) is 30.9. The van der Waals surface area contributed by atoms with Gasteiger partial charge in [-0.25, -0.2) is 14.6 Å². The molecule has 0 radical (unpaired) electrons. The summed E-state index contributed by atoms with van der Waals surface area (Å²) in [5.41, 5.74) is 2.02. The van der Waals surface area contributed by atoms with Crippen molar-refractivity contribution in [3.8, 4) is 0 Å². The van der Waals surface area contributed by atoms with Crippen LogP contribution in [0.2, 0.25) is 10.0 Å². The number of ether oxygens (including phenoxy) is 4. The fourth-order valence-electron chi connectivity index (χ4n) is 3.32. The summed E-state index contributed by atoms with van der Waals surface area (Å²) in [4.78, 5) is 41.3. The Morgan fingerprint density at radius 1 is 0.925 bits per heavy atom. The largest absolute Gasteiger partial charge is 0.508 e. The van der Waals surface area contributed by atoms with Crippen molar-refractivity contribution < 1.29 is 33.3 Å². The van der Waals surface area contributed by atoms with E-state index in [1.165, 1.54) is 18.3 Å². The highest BCUT2D eigenvalue weighted by atomic mass is 35.5. The molecular formula is C25H27Cl2N5O7S. The molecule has 2 aromatic carbocycles. The molecule has 1 aromatic heterocycles. The van der Waals surface area contributed by atoms with E-state index in [1.807, 2.05) is 0 Å². The lowest BCUT2D eigenvalue weighted by Gasteiger charge is -2.25. The van der Waals surface area contributed by atoms with E-state index in [9.17, 15) is 14.4 Å². The molecule has 12 nitrogen and oxygen atoms in total. The van der Waals surface area contributed by atoms with E-state index < -0.39 is 12.3 Å². The van der Waals surface area contributed by atoms with Gasteiger partial charge in [0.1, 0.15) is 18.9 Å². The lowest BCUT2D eigenvalue weighted by Crippen LogP contribution is -2.32. The Bertz CT molecular complexity index is 1320. The molecule has 0 saturated heterocycles. The number of hydrogen-bond acceptors (Lipinski definition) is 12. The molecule has 0 aliphatic heterocycles. The quantitative estimate of drug-likeness (QED) is 0.167. The average molecular weight is 612 g/mol. The van der Waals surface area contributed by atoms with E-state index in [1.54, 1.807) is 49.1 Å². The van der Waals surface area contributed by atoms with Gasteiger partial charge >= 0.3 is 12.3 Å². The first-order valence-corrected chi connectivity index (χ1v) is 13.7. The van der Waals surface area contributed by atoms with Crippen molar-refractivity contribution in [2.45, 2.75) is 20.8 Å². The van der Waals surface area contributed by atoms with Gasteiger partial charge in [0, 0.05) is 12.6 Å². The number of nitrogens with zero attached hydrogens (tertiary/aromatic N) is 4. The minimum absolute atomic E-state index is 0.000803. The van der Waals surface area contributed by atoms with Crippen LogP contribution < -0.4 is 10.2 Å². The van der Waals surface area contributed by atoms with Gasteiger partial charge < -0.3 is 29.2 Å². The number of nitrogens with one attached hydrogen (secondary N) is 1. The number of anilines is 2. The Hall–Kier alpha value is -3.68. The van der Waals surface area contributed by atoms with E-state index in [4.69, 9.17) is 42.1 Å². The predicted octanol–water partition coefficient (Wildman–Crippen LogP) is 7.13. The van der Waals surface area contributed by atoms with Crippen LogP contribution >= 0.6 is 34.5 Å². The van der Waals surface area contributed by atoms with Crippen molar-refractivity contribution in [1.82, 2.24) is 4.98 Å². The van der Waals surface area contributed by atoms with Crippen molar-refractivity contribution in [3.05, 3.63) is 40.4 Å². The third kappa shape index (κ3) is 9.21. The number of azo groups is 1. The molecule has 214 valence electrons. The summed E-state index contributed by atoms with van der Waals surface area (Å²) in [5, 5.41) is 12.4. The van der Waals surface area contributed by atoms with Gasteiger partial charge in [0.15, 0.2) is 0 Å². The number of rotatable bonds is 12. The Morgan fingerprint density at radius 3 is 2.15 bits per heavy atom. The van der Waals surface area contributed by atoms with Crippen molar-refractivity contribution >= 4 is 85.2 Å². The predicted molar refractivity (Wildman–Crippen MR) is 153 cm³/mol. The Morgan fingerprint density at radius 2 is 1.55 bits per heavy atom. The molecule has 0 spiro atoms. The Labute approximate surface area is 244 Å². The van der Waals surface area contributed by atoms with Gasteiger partial charge in [0.25, 0.3) is 0 Å². The normalized spacial score (nSPS) is 10.9. The van der Waals surface area contributed by atoms with E-state index in [0.717, 1.165) is 4.70 Å². The smallest absolute Gasteiger partial charge is 0.435 e. The molecular weight excluding hydrogens is 585 g/mol. The second-order valence-electron chi connectivity index (χ2n) is 7.86. The molecule has 1 heterocycles. The monoisotopic (exact) mass is 611 g/mol. The summed E-state index contributed by atoms with van der Waals surface area (Å²) in [6.07, 6.45) is -1.58. The zero-order valence-electron chi connectivity index (χ0n) is 21.9. The van der Waals surface area contributed by atoms with E-state index in [-0.39, 0.29) is 45.4 Å². The number of carbonyl (C=O) groups excluding carboxylic acids is 3. The second kappa shape index (κ2) is 15.2. The summed E-state index contributed by atoms with van der Waals surface area (Å²) >= 11 is 13.4. The number of fused-ring (bicyclic) bond motifs is 1. The Kier molecular flexibility index (Phi) is 11.7. The topological polar surface area (TPSA) is 141 Å². The van der Waals surface area contributed by atoms with Crippen LogP contribution in [0.5, 0.6) is 0 Å². The molecule has 0 atom stereocenters. The number of thiazole rings is 1. The number of benzene rings is 2. The van der Waals surface area contributed by atoms with Crippen LogP contribution in [-0.2, 0) is 23.7 Å². The highest BCUT2D eigenvalue weighted by molar-refractivity contribution is 7.22. The van der Waals surface area contributed by atoms with Gasteiger partial charge in [-0.3, -0.25) is 4.79 Å². The van der Waals surface area contributed by atoms with Crippen molar-refractivity contribution in [2.75, 3.05) is 49.7 Å². The summed E-state index contributed by atoms with van der Waals surface area (Å²) in [6, 6.07) is 8.45. The second-order valence-corrected chi connectivity index (χ2v) is 9.69. The van der Waals surface area contributed by atoms with Crippen molar-refractivity contribution in [1.29, 1.82) is 0 Å². The fourth-order valence-corrected chi connectivity index (χ4v) is 4.51. The maximum absolute atomic E-state index is 11.9. The number of amides is 1. The Balaban J connectivity index is 1.83. The molecule has 1 amide bonds. The molecule has 3 aromatic rings. The zero-order valence-corrected chi connectivity index (χ0v) is 24.3. The summed E-state index contributed by atoms with van der Waals surface area (Å²) in [6.45, 7) is 5.56. The van der Waals surface area contributed by atoms with Gasteiger partial charge in [-0.2, -0.15) is 0 Å². The molecule has 1 N–H and O–H groups in total. The van der Waals surface area contributed by atoms with Gasteiger partial charge in [-0.05, 0) is 44.2 Å². The molecule has 15 heteroatoms. The lowest BCUT2D eigenvalue weighted by molar-refractivity contribution is -0.114. The first-order chi connectivity index (χ1) is 19.2. The molecule has 0 aliphatic carbocycles. The van der Waals surface area contributed by atoms with Crippen LogP contribution in [0.3, 0.4) is 0 Å². The van der Waals surface area contributed by atoms with Gasteiger partial charge in [0.05, 0.1) is 52.3 Å². The summed E-state index contributed by atoms with van der Waals surface area (Å²) in [5.74, 6) is -0.319. The minimum Gasteiger partial charge on any atom is -0.435 e. The fraction of sp³-hybridized carbons (Fsp3) is 0.360.